The molecule has 3 nitrogen and oxygen atoms in total. The maximum atomic E-state index is 10.7. The van der Waals surface area contributed by atoms with Gasteiger partial charge in [-0.25, -0.2) is 0 Å². The fraction of sp³-hybridized carbons (Fsp3) is 0.700. The van der Waals surface area contributed by atoms with Gasteiger partial charge in [0.05, 0.1) is 0 Å². The monoisotopic (exact) mass is 220 g/mol. The molecule has 0 saturated heterocycles. The van der Waals surface area contributed by atoms with Crippen LogP contribution in [0.2, 0.25) is 0 Å². The highest BCUT2D eigenvalue weighted by Gasteiger charge is 2.06. The summed E-state index contributed by atoms with van der Waals surface area (Å²) in [6.07, 6.45) is 2.23. The van der Waals surface area contributed by atoms with E-state index in [0.29, 0.717) is 6.54 Å². The van der Waals surface area contributed by atoms with Gasteiger partial charge in [-0.3, -0.25) is 4.79 Å². The number of carbonyl (C=O) groups is 1. The van der Waals surface area contributed by atoms with Crippen LogP contribution in [0.1, 0.15) is 27.2 Å². The first-order chi connectivity index (χ1) is 5.95. The third kappa shape index (κ3) is 11.5. The van der Waals surface area contributed by atoms with Crippen molar-refractivity contribution in [2.75, 3.05) is 13.1 Å². The van der Waals surface area contributed by atoms with Crippen LogP contribution in [0.15, 0.2) is 12.7 Å². The number of rotatable bonds is 5. The van der Waals surface area contributed by atoms with Gasteiger partial charge in [0.2, 0.25) is 5.91 Å². The van der Waals surface area contributed by atoms with E-state index in [1.54, 1.807) is 0 Å². The minimum absolute atomic E-state index is 0. The zero-order valence-electron chi connectivity index (χ0n) is 9.22. The molecule has 0 saturated carbocycles. The zero-order valence-corrected chi connectivity index (χ0v) is 10.0. The van der Waals surface area contributed by atoms with Crippen LogP contribution >= 0.6 is 12.4 Å². The second-order valence-electron chi connectivity index (χ2n) is 4.03. The summed E-state index contributed by atoms with van der Waals surface area (Å²) < 4.78 is 0. The first-order valence-electron chi connectivity index (χ1n) is 4.61. The van der Waals surface area contributed by atoms with Crippen molar-refractivity contribution in [2.24, 2.45) is 0 Å². The minimum atomic E-state index is -0.101. The van der Waals surface area contributed by atoms with Crippen molar-refractivity contribution in [1.29, 1.82) is 0 Å². The molecule has 84 valence electrons. The molecular weight excluding hydrogens is 200 g/mol. The third-order valence-corrected chi connectivity index (χ3v) is 1.49. The van der Waals surface area contributed by atoms with E-state index < -0.39 is 0 Å². The largest absolute Gasteiger partial charge is 0.353 e. The normalized spacial score (nSPS) is 10.2. The molecule has 0 radical (unpaired) electrons. The van der Waals surface area contributed by atoms with Crippen molar-refractivity contribution in [3.05, 3.63) is 12.7 Å². The van der Waals surface area contributed by atoms with E-state index in [1.165, 1.54) is 6.08 Å². The van der Waals surface area contributed by atoms with Gasteiger partial charge in [-0.2, -0.15) is 0 Å². The van der Waals surface area contributed by atoms with Crippen LogP contribution < -0.4 is 10.6 Å². The maximum Gasteiger partial charge on any atom is 0.243 e. The number of hydrogen-bond donors (Lipinski definition) is 2. The van der Waals surface area contributed by atoms with Crippen LogP contribution in [0.3, 0.4) is 0 Å². The zero-order chi connectivity index (χ0) is 10.3. The van der Waals surface area contributed by atoms with Gasteiger partial charge in [-0.15, -0.1) is 12.4 Å². The van der Waals surface area contributed by atoms with Crippen LogP contribution in [0.5, 0.6) is 0 Å². The van der Waals surface area contributed by atoms with E-state index in [4.69, 9.17) is 0 Å². The molecular formula is C10H21ClN2O. The smallest absolute Gasteiger partial charge is 0.243 e. The molecule has 0 bridgehead atoms. The molecule has 0 aromatic heterocycles. The second kappa shape index (κ2) is 7.83. The molecule has 0 aromatic rings. The Hall–Kier alpha value is -0.540. The Morgan fingerprint density at radius 3 is 2.36 bits per heavy atom. The Balaban J connectivity index is 0. The first-order valence-corrected chi connectivity index (χ1v) is 4.61. The summed E-state index contributed by atoms with van der Waals surface area (Å²) >= 11 is 0. The third-order valence-electron chi connectivity index (χ3n) is 1.49. The molecule has 1 amide bonds. The fourth-order valence-corrected chi connectivity index (χ4v) is 0.836. The molecule has 0 rings (SSSR count). The molecule has 2 N–H and O–H groups in total. The Bertz CT molecular complexity index is 175. The number of nitrogens with one attached hydrogen (secondary N) is 2. The molecule has 0 aromatic carbocycles. The molecule has 0 fully saturated rings. The van der Waals surface area contributed by atoms with E-state index in [0.717, 1.165) is 13.0 Å². The van der Waals surface area contributed by atoms with Gasteiger partial charge in [0.15, 0.2) is 0 Å². The second-order valence-corrected chi connectivity index (χ2v) is 4.03. The van der Waals surface area contributed by atoms with E-state index >= 15 is 0 Å². The predicted octanol–water partition coefficient (Wildman–Crippen LogP) is 1.49. The van der Waals surface area contributed by atoms with Gasteiger partial charge >= 0.3 is 0 Å². The van der Waals surface area contributed by atoms with Gasteiger partial charge in [-0.05, 0) is 39.8 Å². The number of carbonyl (C=O) groups excluding carboxylic acids is 1. The van der Waals surface area contributed by atoms with Crippen molar-refractivity contribution in [2.45, 2.75) is 32.7 Å². The lowest BCUT2D eigenvalue weighted by atomic mass is 10.1. The Kier molecular flexibility index (Phi) is 8.89. The van der Waals surface area contributed by atoms with Crippen molar-refractivity contribution >= 4 is 18.3 Å². The highest BCUT2D eigenvalue weighted by atomic mass is 35.5. The Morgan fingerprint density at radius 2 is 1.93 bits per heavy atom. The number of amides is 1. The van der Waals surface area contributed by atoms with Crippen molar-refractivity contribution in [3.63, 3.8) is 0 Å². The lowest BCUT2D eigenvalue weighted by molar-refractivity contribution is -0.116. The van der Waals surface area contributed by atoms with E-state index in [1.807, 2.05) is 0 Å². The Morgan fingerprint density at radius 1 is 1.36 bits per heavy atom. The summed E-state index contributed by atoms with van der Waals surface area (Å²) in [4.78, 5) is 10.7. The van der Waals surface area contributed by atoms with Gasteiger partial charge < -0.3 is 10.6 Å². The summed E-state index contributed by atoms with van der Waals surface area (Å²) in [6.45, 7) is 11.4. The molecule has 0 unspecified atom stereocenters. The van der Waals surface area contributed by atoms with E-state index in [9.17, 15) is 4.79 Å². The standard InChI is InChI=1S/C10H20N2O.ClH/c1-5-9(13)11-7-6-8-12-10(2,3)4;/h5,12H,1,6-8H2,2-4H3,(H,11,13);1H. The van der Waals surface area contributed by atoms with Crippen LogP contribution in [0.4, 0.5) is 0 Å². The fourth-order valence-electron chi connectivity index (χ4n) is 0.836. The number of halogens is 1. The van der Waals surface area contributed by atoms with Crippen molar-refractivity contribution in [1.82, 2.24) is 10.6 Å². The van der Waals surface area contributed by atoms with Gasteiger partial charge in [0, 0.05) is 12.1 Å². The number of hydrogen-bond acceptors (Lipinski definition) is 2. The van der Waals surface area contributed by atoms with Crippen molar-refractivity contribution in [3.8, 4) is 0 Å². The molecule has 4 heteroatoms. The van der Waals surface area contributed by atoms with Crippen LogP contribution in [-0.2, 0) is 4.79 Å². The molecule has 0 spiro atoms. The quantitative estimate of drug-likeness (QED) is 0.545. The summed E-state index contributed by atoms with van der Waals surface area (Å²) in [5.41, 5.74) is 0.155. The molecule has 0 aliphatic rings. The predicted molar refractivity (Wildman–Crippen MR) is 62.8 cm³/mol. The SMILES string of the molecule is C=CC(=O)NCCCNC(C)(C)C.Cl. The van der Waals surface area contributed by atoms with Crippen LogP contribution in [-0.4, -0.2) is 24.5 Å². The van der Waals surface area contributed by atoms with Gasteiger partial charge in [0.25, 0.3) is 0 Å². The first kappa shape index (κ1) is 15.9. The summed E-state index contributed by atoms with van der Waals surface area (Å²) in [5, 5.41) is 6.06. The Labute approximate surface area is 92.7 Å². The highest BCUT2D eigenvalue weighted by molar-refractivity contribution is 5.86. The highest BCUT2D eigenvalue weighted by Crippen LogP contribution is 1.97. The summed E-state index contributed by atoms with van der Waals surface area (Å²) in [6, 6.07) is 0. The van der Waals surface area contributed by atoms with Crippen molar-refractivity contribution < 1.29 is 4.79 Å². The summed E-state index contributed by atoms with van der Waals surface area (Å²) in [7, 11) is 0. The average Bonchev–Trinajstić information content (AvgIpc) is 2.01. The molecule has 0 aliphatic heterocycles. The van der Waals surface area contributed by atoms with E-state index in [-0.39, 0.29) is 23.9 Å². The van der Waals surface area contributed by atoms with Crippen LogP contribution in [0.25, 0.3) is 0 Å². The molecule has 0 aliphatic carbocycles. The average molecular weight is 221 g/mol. The van der Waals surface area contributed by atoms with Gasteiger partial charge in [-0.1, -0.05) is 6.58 Å². The minimum Gasteiger partial charge on any atom is -0.353 e. The molecule has 0 atom stereocenters. The maximum absolute atomic E-state index is 10.7. The summed E-state index contributed by atoms with van der Waals surface area (Å²) in [5.74, 6) is -0.101. The molecule has 14 heavy (non-hydrogen) atoms. The lowest BCUT2D eigenvalue weighted by Gasteiger charge is -2.20. The molecule has 0 heterocycles. The van der Waals surface area contributed by atoms with Gasteiger partial charge in [0.1, 0.15) is 0 Å². The van der Waals surface area contributed by atoms with Crippen LogP contribution in [0, 0.1) is 0 Å². The van der Waals surface area contributed by atoms with E-state index in [2.05, 4.69) is 38.0 Å². The lowest BCUT2D eigenvalue weighted by Crippen LogP contribution is -2.37. The topological polar surface area (TPSA) is 41.1 Å².